The van der Waals surface area contributed by atoms with Gasteiger partial charge in [-0.05, 0) is 48.4 Å². The minimum Gasteiger partial charge on any atom is -0.367 e. The molecule has 3 nitrogen and oxygen atoms in total. The number of benzene rings is 2. The predicted molar refractivity (Wildman–Crippen MR) is 76.4 cm³/mol. The van der Waals surface area contributed by atoms with Gasteiger partial charge in [0.1, 0.15) is 17.3 Å². The molecule has 0 fully saturated rings. The molecule has 0 saturated carbocycles. The van der Waals surface area contributed by atoms with Crippen molar-refractivity contribution in [2.75, 3.05) is 5.73 Å². The van der Waals surface area contributed by atoms with Gasteiger partial charge in [0.25, 0.3) is 0 Å². The van der Waals surface area contributed by atoms with Crippen LogP contribution in [0.2, 0.25) is 0 Å². The Labute approximate surface area is 120 Å². The van der Waals surface area contributed by atoms with Crippen molar-refractivity contribution in [1.29, 1.82) is 0 Å². The SMILES string of the molecule is Cc1cc(F)cc(-c2noc(N)c2-c2ccc(F)cc2)c1. The largest absolute Gasteiger partial charge is 0.367 e. The minimum atomic E-state index is -0.364. The van der Waals surface area contributed by atoms with Gasteiger partial charge in [-0.1, -0.05) is 17.3 Å². The molecule has 3 aromatic rings. The van der Waals surface area contributed by atoms with E-state index < -0.39 is 0 Å². The maximum Gasteiger partial charge on any atom is 0.230 e. The van der Waals surface area contributed by atoms with Crippen molar-refractivity contribution in [3.8, 4) is 22.4 Å². The van der Waals surface area contributed by atoms with Crippen LogP contribution in [0.3, 0.4) is 0 Å². The van der Waals surface area contributed by atoms with Crippen LogP contribution in [-0.2, 0) is 0 Å². The van der Waals surface area contributed by atoms with Gasteiger partial charge in [0.05, 0.1) is 5.56 Å². The Morgan fingerprint density at radius 1 is 0.952 bits per heavy atom. The van der Waals surface area contributed by atoms with Gasteiger partial charge in [-0.3, -0.25) is 0 Å². The maximum absolute atomic E-state index is 13.6. The van der Waals surface area contributed by atoms with Gasteiger partial charge in [-0.15, -0.1) is 0 Å². The fourth-order valence-electron chi connectivity index (χ4n) is 2.27. The van der Waals surface area contributed by atoms with Crippen LogP contribution < -0.4 is 5.73 Å². The van der Waals surface area contributed by atoms with Gasteiger partial charge in [0.2, 0.25) is 5.88 Å². The van der Waals surface area contributed by atoms with Crippen molar-refractivity contribution in [2.24, 2.45) is 0 Å². The number of anilines is 1. The van der Waals surface area contributed by atoms with Crippen LogP contribution in [0, 0.1) is 18.6 Å². The standard InChI is InChI=1S/C16H12F2N2O/c1-9-6-11(8-13(18)7-9)15-14(16(19)21-20-15)10-2-4-12(17)5-3-10/h2-8H,19H2,1H3. The molecule has 0 aliphatic carbocycles. The number of nitrogen functional groups attached to an aromatic ring is 1. The summed E-state index contributed by atoms with van der Waals surface area (Å²) in [5.74, 6) is -0.605. The zero-order chi connectivity index (χ0) is 15.0. The molecule has 0 aliphatic heterocycles. The molecule has 0 aliphatic rings. The number of nitrogens with two attached hydrogens (primary N) is 1. The normalized spacial score (nSPS) is 10.8. The monoisotopic (exact) mass is 286 g/mol. The molecule has 3 rings (SSSR count). The van der Waals surface area contributed by atoms with E-state index in [9.17, 15) is 8.78 Å². The summed E-state index contributed by atoms with van der Waals surface area (Å²) >= 11 is 0. The van der Waals surface area contributed by atoms with Crippen LogP contribution in [0.15, 0.2) is 47.0 Å². The lowest BCUT2D eigenvalue weighted by Crippen LogP contribution is -1.89. The van der Waals surface area contributed by atoms with Gasteiger partial charge < -0.3 is 10.3 Å². The van der Waals surface area contributed by atoms with E-state index >= 15 is 0 Å². The first kappa shape index (κ1) is 13.3. The van der Waals surface area contributed by atoms with Crippen LogP contribution >= 0.6 is 0 Å². The van der Waals surface area contributed by atoms with E-state index in [2.05, 4.69) is 5.16 Å². The fraction of sp³-hybridized carbons (Fsp3) is 0.0625. The number of halogens is 2. The summed E-state index contributed by atoms with van der Waals surface area (Å²) in [5, 5.41) is 3.91. The number of aromatic nitrogens is 1. The highest BCUT2D eigenvalue weighted by atomic mass is 19.1. The first-order valence-electron chi connectivity index (χ1n) is 6.33. The molecule has 1 aromatic heterocycles. The first-order valence-corrected chi connectivity index (χ1v) is 6.33. The summed E-state index contributed by atoms with van der Waals surface area (Å²) in [7, 11) is 0. The molecule has 106 valence electrons. The summed E-state index contributed by atoms with van der Waals surface area (Å²) in [5.41, 5.74) is 8.75. The van der Waals surface area contributed by atoms with Gasteiger partial charge in [-0.2, -0.15) is 0 Å². The quantitative estimate of drug-likeness (QED) is 0.769. The van der Waals surface area contributed by atoms with Crippen LogP contribution in [-0.4, -0.2) is 5.16 Å². The molecule has 5 heteroatoms. The van der Waals surface area contributed by atoms with Crippen molar-refractivity contribution in [3.05, 3.63) is 59.7 Å². The van der Waals surface area contributed by atoms with Crippen molar-refractivity contribution in [2.45, 2.75) is 6.92 Å². The van der Waals surface area contributed by atoms with E-state index in [1.807, 2.05) is 0 Å². The highest BCUT2D eigenvalue weighted by Crippen LogP contribution is 2.36. The molecule has 2 aromatic carbocycles. The molecule has 21 heavy (non-hydrogen) atoms. The molecule has 0 amide bonds. The third-order valence-electron chi connectivity index (χ3n) is 3.17. The third-order valence-corrected chi connectivity index (χ3v) is 3.17. The van der Waals surface area contributed by atoms with E-state index in [1.165, 1.54) is 24.3 Å². The summed E-state index contributed by atoms with van der Waals surface area (Å²) in [6, 6.07) is 10.4. The van der Waals surface area contributed by atoms with Crippen LogP contribution in [0.4, 0.5) is 14.7 Å². The summed E-state index contributed by atoms with van der Waals surface area (Å²) < 4.78 is 31.6. The van der Waals surface area contributed by atoms with E-state index in [0.717, 1.165) is 5.56 Å². The molecule has 0 radical (unpaired) electrons. The zero-order valence-corrected chi connectivity index (χ0v) is 11.2. The molecular weight excluding hydrogens is 274 g/mol. The molecule has 0 bridgehead atoms. The van der Waals surface area contributed by atoms with E-state index in [-0.39, 0.29) is 17.5 Å². The Hall–Kier alpha value is -2.69. The zero-order valence-electron chi connectivity index (χ0n) is 11.2. The molecule has 0 atom stereocenters. The van der Waals surface area contributed by atoms with E-state index in [1.54, 1.807) is 25.1 Å². The summed E-state index contributed by atoms with van der Waals surface area (Å²) in [6.07, 6.45) is 0. The minimum absolute atomic E-state index is 0.110. The Kier molecular flexibility index (Phi) is 3.17. The van der Waals surface area contributed by atoms with Crippen LogP contribution in [0.25, 0.3) is 22.4 Å². The summed E-state index contributed by atoms with van der Waals surface area (Å²) in [4.78, 5) is 0. The Morgan fingerprint density at radius 2 is 1.67 bits per heavy atom. The smallest absolute Gasteiger partial charge is 0.230 e. The van der Waals surface area contributed by atoms with Gasteiger partial charge in [-0.25, -0.2) is 8.78 Å². The average molecular weight is 286 g/mol. The van der Waals surface area contributed by atoms with Gasteiger partial charge in [0.15, 0.2) is 0 Å². The summed E-state index contributed by atoms with van der Waals surface area (Å²) in [6.45, 7) is 1.79. The second-order valence-corrected chi connectivity index (χ2v) is 4.79. The molecular formula is C16H12F2N2O. The number of aryl methyl sites for hydroxylation is 1. The maximum atomic E-state index is 13.6. The lowest BCUT2D eigenvalue weighted by Gasteiger charge is -2.04. The molecule has 0 saturated heterocycles. The Balaban J connectivity index is 2.19. The second kappa shape index (κ2) is 5.01. The van der Waals surface area contributed by atoms with Crippen LogP contribution in [0.1, 0.15) is 5.56 Å². The molecule has 0 unspecified atom stereocenters. The number of hydrogen-bond acceptors (Lipinski definition) is 3. The average Bonchev–Trinajstić information content (AvgIpc) is 2.80. The Bertz CT molecular complexity index is 774. The molecule has 0 spiro atoms. The highest BCUT2D eigenvalue weighted by Gasteiger charge is 2.18. The lowest BCUT2D eigenvalue weighted by molar-refractivity contribution is 0.439. The molecule has 2 N–H and O–H groups in total. The van der Waals surface area contributed by atoms with Crippen molar-refractivity contribution >= 4 is 5.88 Å². The predicted octanol–water partition coefficient (Wildman–Crippen LogP) is 4.18. The number of rotatable bonds is 2. The number of nitrogens with zero attached hydrogens (tertiary/aromatic N) is 1. The van der Waals surface area contributed by atoms with Gasteiger partial charge in [0, 0.05) is 5.56 Å². The lowest BCUT2D eigenvalue weighted by atomic mass is 10.00. The van der Waals surface area contributed by atoms with Crippen molar-refractivity contribution in [3.63, 3.8) is 0 Å². The number of hydrogen-bond donors (Lipinski definition) is 1. The first-order chi connectivity index (χ1) is 10.0. The molecule has 1 heterocycles. The highest BCUT2D eigenvalue weighted by molar-refractivity contribution is 5.86. The topological polar surface area (TPSA) is 52.0 Å². The fourth-order valence-corrected chi connectivity index (χ4v) is 2.27. The van der Waals surface area contributed by atoms with Crippen LogP contribution in [0.5, 0.6) is 0 Å². The second-order valence-electron chi connectivity index (χ2n) is 4.79. The van der Waals surface area contributed by atoms with Crippen molar-refractivity contribution in [1.82, 2.24) is 5.16 Å². The van der Waals surface area contributed by atoms with Gasteiger partial charge >= 0.3 is 0 Å². The van der Waals surface area contributed by atoms with E-state index in [0.29, 0.717) is 22.4 Å². The van der Waals surface area contributed by atoms with E-state index in [4.69, 9.17) is 10.3 Å². The van der Waals surface area contributed by atoms with Crippen molar-refractivity contribution < 1.29 is 13.3 Å². The third kappa shape index (κ3) is 2.50. The Morgan fingerprint density at radius 3 is 2.33 bits per heavy atom.